The highest BCUT2D eigenvalue weighted by atomic mass is 35.5. The molecule has 2 N–H and O–H groups in total. The Morgan fingerprint density at radius 2 is 2.04 bits per heavy atom. The maximum absolute atomic E-state index is 6.02. The molecular weight excluding hydrogens is 326 g/mol. The van der Waals surface area contributed by atoms with Gasteiger partial charge in [0.05, 0.1) is 12.2 Å². The monoisotopic (exact) mass is 351 g/mol. The average molecular weight is 352 g/mol. The summed E-state index contributed by atoms with van der Waals surface area (Å²) in [5.74, 6) is 1.11. The van der Waals surface area contributed by atoms with E-state index in [1.165, 1.54) is 16.3 Å². The van der Waals surface area contributed by atoms with Crippen molar-refractivity contribution in [3.8, 4) is 0 Å². The summed E-state index contributed by atoms with van der Waals surface area (Å²) in [5, 5.41) is 3.46. The van der Waals surface area contributed by atoms with Crippen LogP contribution >= 0.6 is 23.7 Å². The Labute approximate surface area is 149 Å². The van der Waals surface area contributed by atoms with Crippen molar-refractivity contribution < 1.29 is 0 Å². The summed E-state index contributed by atoms with van der Waals surface area (Å²) in [4.78, 5) is 7.28. The number of hydrogen-bond acceptors (Lipinski definition) is 4. The number of rotatable bonds is 6. The highest BCUT2D eigenvalue weighted by Gasteiger charge is 2.32. The molecule has 0 amide bonds. The summed E-state index contributed by atoms with van der Waals surface area (Å²) in [6.45, 7) is 6.10. The van der Waals surface area contributed by atoms with Crippen molar-refractivity contribution in [2.45, 2.75) is 32.2 Å². The Morgan fingerprint density at radius 1 is 1.26 bits per heavy atom. The fraction of sp³-hybridized carbons (Fsp3) is 0.500. The molecule has 23 heavy (non-hydrogen) atoms. The summed E-state index contributed by atoms with van der Waals surface area (Å²) in [7, 11) is 0. The van der Waals surface area contributed by atoms with Crippen LogP contribution in [0.4, 0.5) is 0 Å². The second-order valence-corrected chi connectivity index (χ2v) is 7.13. The molecule has 126 valence electrons. The van der Waals surface area contributed by atoms with Gasteiger partial charge in [0.1, 0.15) is 5.01 Å². The first-order valence-electron chi connectivity index (χ1n) is 8.20. The predicted octanol–water partition coefficient (Wildman–Crippen LogP) is 3.69. The number of benzene rings is 1. The Bertz CT molecular complexity index is 587. The summed E-state index contributed by atoms with van der Waals surface area (Å²) in [6, 6.07) is 10.8. The van der Waals surface area contributed by atoms with Crippen LogP contribution in [0, 0.1) is 5.92 Å². The number of aromatic nitrogens is 1. The number of nitrogens with two attached hydrogens (primary N) is 1. The van der Waals surface area contributed by atoms with Crippen LogP contribution in [0.2, 0.25) is 0 Å². The van der Waals surface area contributed by atoms with E-state index in [0.717, 1.165) is 39.0 Å². The zero-order valence-corrected chi connectivity index (χ0v) is 15.3. The molecule has 0 radical (unpaired) electrons. The molecule has 1 aliphatic heterocycles. The summed E-state index contributed by atoms with van der Waals surface area (Å²) < 4.78 is 0. The third kappa shape index (κ3) is 4.54. The molecule has 3 nitrogen and oxygen atoms in total. The van der Waals surface area contributed by atoms with Crippen molar-refractivity contribution in [3.05, 3.63) is 52.0 Å². The third-order valence-electron chi connectivity index (χ3n) is 4.51. The van der Waals surface area contributed by atoms with Gasteiger partial charge in [0.25, 0.3) is 0 Å². The van der Waals surface area contributed by atoms with Crippen molar-refractivity contribution in [1.29, 1.82) is 0 Å². The molecule has 3 rings (SSSR count). The van der Waals surface area contributed by atoms with Gasteiger partial charge in [0, 0.05) is 24.4 Å². The quantitative estimate of drug-likeness (QED) is 0.863. The Kier molecular flexibility index (Phi) is 7.03. The van der Waals surface area contributed by atoms with Crippen molar-refractivity contribution >= 4 is 23.7 Å². The molecule has 2 aromatic rings. The van der Waals surface area contributed by atoms with Gasteiger partial charge >= 0.3 is 0 Å². The number of aryl methyl sites for hydroxylation is 1. The standard InChI is InChI=1S/C18H25N3S.ClH/c1-2-6-16-13-22-18(20-16)12-21-10-15(9-19)17(11-21)14-7-4-3-5-8-14;/h3-5,7-8,13,15,17H,2,6,9-12,19H2,1H3;1H/t15-,17+;/m1./s1. The van der Waals surface area contributed by atoms with Crippen LogP contribution in [0.5, 0.6) is 0 Å². The Balaban J connectivity index is 0.00000192. The summed E-state index contributed by atoms with van der Waals surface area (Å²) in [5.41, 5.74) is 8.69. The highest BCUT2D eigenvalue weighted by Crippen LogP contribution is 2.33. The molecule has 1 aromatic heterocycles. The lowest BCUT2D eigenvalue weighted by Crippen LogP contribution is -2.23. The van der Waals surface area contributed by atoms with Crippen LogP contribution < -0.4 is 5.73 Å². The van der Waals surface area contributed by atoms with Gasteiger partial charge in [-0.3, -0.25) is 4.90 Å². The van der Waals surface area contributed by atoms with Gasteiger partial charge in [0.15, 0.2) is 0 Å². The lowest BCUT2D eigenvalue weighted by Gasteiger charge is -2.16. The normalized spacial score (nSPS) is 21.3. The average Bonchev–Trinajstić information content (AvgIpc) is 3.16. The number of likely N-dealkylation sites (tertiary alicyclic amines) is 1. The molecule has 0 bridgehead atoms. The molecule has 1 saturated heterocycles. The van der Waals surface area contributed by atoms with E-state index in [-0.39, 0.29) is 12.4 Å². The van der Waals surface area contributed by atoms with Gasteiger partial charge in [-0.2, -0.15) is 0 Å². The van der Waals surface area contributed by atoms with E-state index < -0.39 is 0 Å². The molecule has 1 fully saturated rings. The minimum atomic E-state index is 0. The van der Waals surface area contributed by atoms with Crippen LogP contribution in [0.1, 0.15) is 35.5 Å². The molecule has 0 aliphatic carbocycles. The predicted molar refractivity (Wildman–Crippen MR) is 100 cm³/mol. The molecule has 5 heteroatoms. The Hall–Kier alpha value is -0.940. The SMILES string of the molecule is CCCc1csc(CN2C[C@@H](CN)[C@H](c3ccccc3)C2)n1.Cl. The smallest absolute Gasteiger partial charge is 0.107 e. The Morgan fingerprint density at radius 3 is 2.74 bits per heavy atom. The fourth-order valence-corrected chi connectivity index (χ4v) is 4.26. The number of thiazole rings is 1. The van der Waals surface area contributed by atoms with Gasteiger partial charge in [-0.15, -0.1) is 23.7 Å². The lowest BCUT2D eigenvalue weighted by molar-refractivity contribution is 0.316. The van der Waals surface area contributed by atoms with E-state index in [4.69, 9.17) is 10.7 Å². The number of nitrogens with zero attached hydrogens (tertiary/aromatic N) is 2. The zero-order valence-electron chi connectivity index (χ0n) is 13.6. The maximum Gasteiger partial charge on any atom is 0.107 e. The van der Waals surface area contributed by atoms with E-state index in [0.29, 0.717) is 11.8 Å². The van der Waals surface area contributed by atoms with Gasteiger partial charge in [-0.25, -0.2) is 4.98 Å². The van der Waals surface area contributed by atoms with Gasteiger partial charge in [0.2, 0.25) is 0 Å². The van der Waals surface area contributed by atoms with Crippen LogP contribution in [-0.4, -0.2) is 29.5 Å². The first-order valence-corrected chi connectivity index (χ1v) is 9.08. The second kappa shape index (κ2) is 8.78. The van der Waals surface area contributed by atoms with Crippen molar-refractivity contribution in [3.63, 3.8) is 0 Å². The van der Waals surface area contributed by atoms with Crippen LogP contribution in [-0.2, 0) is 13.0 Å². The van der Waals surface area contributed by atoms with Crippen molar-refractivity contribution in [1.82, 2.24) is 9.88 Å². The second-order valence-electron chi connectivity index (χ2n) is 6.19. The van der Waals surface area contributed by atoms with Gasteiger partial charge in [-0.1, -0.05) is 43.7 Å². The summed E-state index contributed by atoms with van der Waals surface area (Å²) in [6.07, 6.45) is 2.26. The number of hydrogen-bond donors (Lipinski definition) is 1. The summed E-state index contributed by atoms with van der Waals surface area (Å²) >= 11 is 1.80. The van der Waals surface area contributed by atoms with Crippen LogP contribution in [0.25, 0.3) is 0 Å². The lowest BCUT2D eigenvalue weighted by atomic mass is 9.89. The highest BCUT2D eigenvalue weighted by molar-refractivity contribution is 7.09. The van der Waals surface area contributed by atoms with E-state index >= 15 is 0 Å². The first-order chi connectivity index (χ1) is 10.8. The van der Waals surface area contributed by atoms with E-state index in [1.807, 2.05) is 0 Å². The van der Waals surface area contributed by atoms with Gasteiger partial charge < -0.3 is 5.73 Å². The first kappa shape index (κ1) is 18.4. The molecule has 0 saturated carbocycles. The molecule has 1 aliphatic rings. The van der Waals surface area contributed by atoms with Crippen molar-refractivity contribution in [2.75, 3.05) is 19.6 Å². The van der Waals surface area contributed by atoms with E-state index in [2.05, 4.69) is 47.5 Å². The zero-order chi connectivity index (χ0) is 15.4. The van der Waals surface area contributed by atoms with Gasteiger partial charge in [-0.05, 0) is 24.4 Å². The largest absolute Gasteiger partial charge is 0.330 e. The maximum atomic E-state index is 6.02. The van der Waals surface area contributed by atoms with E-state index in [9.17, 15) is 0 Å². The third-order valence-corrected chi connectivity index (χ3v) is 5.39. The van der Waals surface area contributed by atoms with Crippen molar-refractivity contribution in [2.24, 2.45) is 11.7 Å². The molecular formula is C18H26ClN3S. The minimum Gasteiger partial charge on any atom is -0.330 e. The van der Waals surface area contributed by atoms with Crippen LogP contribution in [0.15, 0.2) is 35.7 Å². The van der Waals surface area contributed by atoms with Crippen LogP contribution in [0.3, 0.4) is 0 Å². The molecule has 0 unspecified atom stereocenters. The number of halogens is 1. The molecule has 2 atom stereocenters. The fourth-order valence-electron chi connectivity index (χ4n) is 3.39. The topological polar surface area (TPSA) is 42.1 Å². The molecule has 2 heterocycles. The molecule has 1 aromatic carbocycles. The van der Waals surface area contributed by atoms with E-state index in [1.54, 1.807) is 11.3 Å². The minimum absolute atomic E-state index is 0. The molecule has 0 spiro atoms.